The van der Waals surface area contributed by atoms with Crippen LogP contribution in [0.4, 0.5) is 5.69 Å². The lowest BCUT2D eigenvalue weighted by molar-refractivity contribution is 0.0917. The number of anilines is 1. The van der Waals surface area contributed by atoms with Crippen LogP contribution in [-0.4, -0.2) is 23.7 Å². The Morgan fingerprint density at radius 3 is 2.94 bits per heavy atom. The Hall–Kier alpha value is -1.26. The average molecular weight is 269 g/mol. The van der Waals surface area contributed by atoms with E-state index < -0.39 is 0 Å². The minimum atomic E-state index is -0.304. The number of carbonyl (C=O) groups is 1. The predicted octanol–water partition coefficient (Wildman–Crippen LogP) is 1.81. The van der Waals surface area contributed by atoms with Gasteiger partial charge in [0.05, 0.1) is 11.7 Å². The molecule has 0 spiro atoms. The number of halogens is 1. The number of hydrogen-bond donors (Lipinski definition) is 3. The maximum Gasteiger partial charge on any atom is 0.253 e. The van der Waals surface area contributed by atoms with E-state index in [4.69, 9.17) is 17.3 Å². The first kappa shape index (κ1) is 13.2. The molecule has 1 aromatic rings. The Morgan fingerprint density at radius 2 is 2.28 bits per heavy atom. The second kappa shape index (κ2) is 5.59. The van der Waals surface area contributed by atoms with Gasteiger partial charge < -0.3 is 16.2 Å². The third-order valence-electron chi connectivity index (χ3n) is 3.40. The van der Waals surface area contributed by atoms with E-state index in [0.717, 1.165) is 19.3 Å². The molecule has 4 nitrogen and oxygen atoms in total. The Balaban J connectivity index is 1.97. The van der Waals surface area contributed by atoms with Crippen molar-refractivity contribution in [2.45, 2.75) is 25.4 Å². The maximum atomic E-state index is 11.9. The van der Waals surface area contributed by atoms with Crippen molar-refractivity contribution in [1.82, 2.24) is 5.32 Å². The number of benzene rings is 1. The zero-order valence-corrected chi connectivity index (χ0v) is 10.8. The van der Waals surface area contributed by atoms with Gasteiger partial charge in [0.1, 0.15) is 0 Å². The molecular weight excluding hydrogens is 252 g/mol. The van der Waals surface area contributed by atoms with E-state index >= 15 is 0 Å². The molecule has 1 aromatic carbocycles. The van der Waals surface area contributed by atoms with Crippen molar-refractivity contribution < 1.29 is 9.90 Å². The Morgan fingerprint density at radius 1 is 1.50 bits per heavy atom. The Kier molecular flexibility index (Phi) is 4.09. The molecule has 1 aliphatic rings. The van der Waals surface area contributed by atoms with Crippen molar-refractivity contribution in [2.24, 2.45) is 5.92 Å². The number of hydrogen-bond acceptors (Lipinski definition) is 3. The standard InChI is InChI=1S/C13H17ClN2O2/c14-9-4-5-11(15)10(6-9)13(18)16-7-8-2-1-3-12(8)17/h4-6,8,12,17H,1-3,7,15H2,(H,16,18). The van der Waals surface area contributed by atoms with Crippen LogP contribution in [0.2, 0.25) is 5.02 Å². The number of nitrogen functional groups attached to an aromatic ring is 1. The number of nitrogens with two attached hydrogens (primary N) is 1. The van der Waals surface area contributed by atoms with Gasteiger partial charge in [-0.05, 0) is 31.0 Å². The fourth-order valence-electron chi connectivity index (χ4n) is 2.30. The van der Waals surface area contributed by atoms with Crippen LogP contribution < -0.4 is 11.1 Å². The van der Waals surface area contributed by atoms with Crippen molar-refractivity contribution in [1.29, 1.82) is 0 Å². The first-order valence-corrected chi connectivity index (χ1v) is 6.47. The molecule has 98 valence electrons. The minimum absolute atomic E-state index is 0.148. The van der Waals surface area contributed by atoms with Crippen LogP contribution in [-0.2, 0) is 0 Å². The highest BCUT2D eigenvalue weighted by molar-refractivity contribution is 6.31. The molecule has 1 fully saturated rings. The summed E-state index contributed by atoms with van der Waals surface area (Å²) >= 11 is 5.84. The smallest absolute Gasteiger partial charge is 0.253 e. The van der Waals surface area contributed by atoms with Crippen LogP contribution in [0, 0.1) is 5.92 Å². The van der Waals surface area contributed by atoms with Crippen molar-refractivity contribution in [3.63, 3.8) is 0 Å². The summed E-state index contributed by atoms with van der Waals surface area (Å²) < 4.78 is 0. The van der Waals surface area contributed by atoms with E-state index in [-0.39, 0.29) is 17.9 Å². The third kappa shape index (κ3) is 2.94. The summed E-state index contributed by atoms with van der Waals surface area (Å²) in [7, 11) is 0. The molecule has 4 N–H and O–H groups in total. The van der Waals surface area contributed by atoms with E-state index in [1.54, 1.807) is 18.2 Å². The zero-order chi connectivity index (χ0) is 13.1. The monoisotopic (exact) mass is 268 g/mol. The number of aliphatic hydroxyl groups excluding tert-OH is 1. The van der Waals surface area contributed by atoms with Crippen molar-refractivity contribution in [3.05, 3.63) is 28.8 Å². The van der Waals surface area contributed by atoms with Crippen molar-refractivity contribution in [3.8, 4) is 0 Å². The molecular formula is C13H17ClN2O2. The Bertz CT molecular complexity index is 451. The lowest BCUT2D eigenvalue weighted by Gasteiger charge is -2.15. The molecule has 5 heteroatoms. The van der Waals surface area contributed by atoms with Gasteiger partial charge in [0, 0.05) is 23.2 Å². The Labute approximate surface area is 111 Å². The highest BCUT2D eigenvalue weighted by Crippen LogP contribution is 2.25. The summed E-state index contributed by atoms with van der Waals surface area (Å²) in [6, 6.07) is 4.81. The second-order valence-corrected chi connectivity index (χ2v) is 5.14. The van der Waals surface area contributed by atoms with E-state index in [2.05, 4.69) is 5.32 Å². The van der Waals surface area contributed by atoms with E-state index in [0.29, 0.717) is 22.8 Å². The summed E-state index contributed by atoms with van der Waals surface area (Å²) in [6.07, 6.45) is 2.48. The number of aliphatic hydroxyl groups is 1. The molecule has 0 bridgehead atoms. The summed E-state index contributed by atoms with van der Waals surface area (Å²) in [6.45, 7) is 0.478. The second-order valence-electron chi connectivity index (χ2n) is 4.70. The topological polar surface area (TPSA) is 75.4 Å². The van der Waals surface area contributed by atoms with Crippen LogP contribution in [0.5, 0.6) is 0 Å². The lowest BCUT2D eigenvalue weighted by atomic mass is 10.1. The van der Waals surface area contributed by atoms with Gasteiger partial charge in [0.2, 0.25) is 0 Å². The number of rotatable bonds is 3. The van der Waals surface area contributed by atoms with E-state index in [9.17, 15) is 9.90 Å². The zero-order valence-electron chi connectivity index (χ0n) is 10.0. The van der Waals surface area contributed by atoms with Crippen molar-refractivity contribution >= 4 is 23.2 Å². The lowest BCUT2D eigenvalue weighted by Crippen LogP contribution is -2.32. The SMILES string of the molecule is Nc1ccc(Cl)cc1C(=O)NCC1CCCC1O. The quantitative estimate of drug-likeness (QED) is 0.732. The van der Waals surface area contributed by atoms with Crippen LogP contribution in [0.15, 0.2) is 18.2 Å². The minimum Gasteiger partial charge on any atom is -0.398 e. The van der Waals surface area contributed by atoms with E-state index in [1.165, 1.54) is 0 Å². The van der Waals surface area contributed by atoms with Crippen LogP contribution in [0.3, 0.4) is 0 Å². The number of carbonyl (C=O) groups excluding carboxylic acids is 1. The molecule has 18 heavy (non-hydrogen) atoms. The molecule has 2 unspecified atom stereocenters. The molecule has 0 aromatic heterocycles. The summed E-state index contributed by atoms with van der Waals surface area (Å²) in [4.78, 5) is 11.9. The normalized spacial score (nSPS) is 23.0. The van der Waals surface area contributed by atoms with E-state index in [1.807, 2.05) is 0 Å². The molecule has 0 aliphatic heterocycles. The first-order valence-electron chi connectivity index (χ1n) is 6.09. The van der Waals surface area contributed by atoms with Crippen LogP contribution in [0.1, 0.15) is 29.6 Å². The molecule has 2 rings (SSSR count). The highest BCUT2D eigenvalue weighted by atomic mass is 35.5. The largest absolute Gasteiger partial charge is 0.398 e. The van der Waals surface area contributed by atoms with Gasteiger partial charge in [-0.1, -0.05) is 18.0 Å². The predicted molar refractivity (Wildman–Crippen MR) is 71.5 cm³/mol. The van der Waals surface area contributed by atoms with Gasteiger partial charge in [-0.3, -0.25) is 4.79 Å². The van der Waals surface area contributed by atoms with Gasteiger partial charge in [-0.2, -0.15) is 0 Å². The first-order chi connectivity index (χ1) is 8.58. The fraction of sp³-hybridized carbons (Fsp3) is 0.462. The van der Waals surface area contributed by atoms with Crippen LogP contribution in [0.25, 0.3) is 0 Å². The van der Waals surface area contributed by atoms with Crippen molar-refractivity contribution in [2.75, 3.05) is 12.3 Å². The van der Waals surface area contributed by atoms with Gasteiger partial charge >= 0.3 is 0 Å². The summed E-state index contributed by atoms with van der Waals surface area (Å²) in [5.41, 5.74) is 6.52. The maximum absolute atomic E-state index is 11.9. The molecule has 0 saturated heterocycles. The van der Waals surface area contributed by atoms with Gasteiger partial charge in [0.25, 0.3) is 5.91 Å². The molecule has 1 aliphatic carbocycles. The third-order valence-corrected chi connectivity index (χ3v) is 3.64. The molecule has 0 radical (unpaired) electrons. The molecule has 0 heterocycles. The van der Waals surface area contributed by atoms with Gasteiger partial charge in [-0.15, -0.1) is 0 Å². The van der Waals surface area contributed by atoms with Gasteiger partial charge in [0.15, 0.2) is 0 Å². The summed E-state index contributed by atoms with van der Waals surface area (Å²) in [5.74, 6) is -0.0940. The number of amides is 1. The fourth-order valence-corrected chi connectivity index (χ4v) is 2.47. The van der Waals surface area contributed by atoms with Gasteiger partial charge in [-0.25, -0.2) is 0 Å². The number of nitrogens with one attached hydrogen (secondary N) is 1. The highest BCUT2D eigenvalue weighted by Gasteiger charge is 2.25. The molecule has 1 amide bonds. The molecule has 1 saturated carbocycles. The summed E-state index contributed by atoms with van der Waals surface area (Å²) in [5, 5.41) is 13.0. The molecule has 2 atom stereocenters. The van der Waals surface area contributed by atoms with Crippen LogP contribution >= 0.6 is 11.6 Å². The average Bonchev–Trinajstić information content (AvgIpc) is 2.75.